The molecule has 0 bridgehead atoms. The van der Waals surface area contributed by atoms with Gasteiger partial charge >= 0.3 is 0 Å². The molecular weight excluding hydrogens is 534 g/mol. The highest BCUT2D eigenvalue weighted by molar-refractivity contribution is 7.92. The molecule has 0 radical (unpaired) electrons. The molecule has 0 aliphatic heterocycles. The Hall–Kier alpha value is -3.65. The van der Waals surface area contributed by atoms with Gasteiger partial charge in [0.2, 0.25) is 11.8 Å². The Morgan fingerprint density at radius 1 is 0.878 bits per heavy atom. The van der Waals surface area contributed by atoms with E-state index in [9.17, 15) is 18.0 Å². The first-order valence-corrected chi connectivity index (χ1v) is 15.5. The summed E-state index contributed by atoms with van der Waals surface area (Å²) in [7, 11) is -4.11. The van der Waals surface area contributed by atoms with Crippen molar-refractivity contribution in [1.82, 2.24) is 10.2 Å². The van der Waals surface area contributed by atoms with E-state index in [0.29, 0.717) is 18.5 Å². The van der Waals surface area contributed by atoms with Crippen molar-refractivity contribution in [3.63, 3.8) is 0 Å². The van der Waals surface area contributed by atoms with Crippen LogP contribution in [0.15, 0.2) is 77.7 Å². The lowest BCUT2D eigenvalue weighted by molar-refractivity contribution is -0.141. The maximum absolute atomic E-state index is 14.3. The highest BCUT2D eigenvalue weighted by atomic mass is 32.2. The van der Waals surface area contributed by atoms with Crippen LogP contribution >= 0.6 is 0 Å². The molecular formula is C33H43N3O4S. The minimum atomic E-state index is -4.11. The van der Waals surface area contributed by atoms with Crippen molar-refractivity contribution in [2.75, 3.05) is 10.8 Å². The van der Waals surface area contributed by atoms with Crippen molar-refractivity contribution in [1.29, 1.82) is 0 Å². The molecule has 0 aliphatic rings. The van der Waals surface area contributed by atoms with Crippen LogP contribution in [-0.2, 0) is 32.6 Å². The molecule has 0 unspecified atom stereocenters. The molecule has 3 rings (SSSR count). The number of nitrogens with one attached hydrogen (secondary N) is 1. The Morgan fingerprint density at radius 3 is 2.12 bits per heavy atom. The van der Waals surface area contributed by atoms with Gasteiger partial charge < -0.3 is 10.2 Å². The summed E-state index contributed by atoms with van der Waals surface area (Å²) >= 11 is 0. The molecule has 1 N–H and O–H groups in total. The van der Waals surface area contributed by atoms with E-state index < -0.39 is 34.1 Å². The molecule has 220 valence electrons. The molecule has 3 aromatic rings. The van der Waals surface area contributed by atoms with Crippen LogP contribution < -0.4 is 9.62 Å². The predicted molar refractivity (Wildman–Crippen MR) is 165 cm³/mol. The molecule has 0 saturated carbocycles. The average molecular weight is 578 g/mol. The Labute approximate surface area is 245 Å². The van der Waals surface area contributed by atoms with Crippen LogP contribution in [0.3, 0.4) is 0 Å². The molecule has 3 aromatic carbocycles. The van der Waals surface area contributed by atoms with Gasteiger partial charge in [0.1, 0.15) is 12.6 Å². The highest BCUT2D eigenvalue weighted by Gasteiger charge is 2.35. The van der Waals surface area contributed by atoms with Crippen LogP contribution in [0.4, 0.5) is 5.69 Å². The second-order valence-corrected chi connectivity index (χ2v) is 13.3. The van der Waals surface area contributed by atoms with Gasteiger partial charge in [-0.05, 0) is 76.8 Å². The van der Waals surface area contributed by atoms with Crippen molar-refractivity contribution < 1.29 is 18.0 Å². The Kier molecular flexibility index (Phi) is 10.4. The fourth-order valence-electron chi connectivity index (χ4n) is 4.78. The minimum Gasteiger partial charge on any atom is -0.350 e. The highest BCUT2D eigenvalue weighted by Crippen LogP contribution is 2.28. The summed E-state index contributed by atoms with van der Waals surface area (Å²) in [6, 6.07) is 20.8. The molecule has 1 atom stereocenters. The van der Waals surface area contributed by atoms with Crippen molar-refractivity contribution in [3.8, 4) is 0 Å². The van der Waals surface area contributed by atoms with Gasteiger partial charge in [-0.3, -0.25) is 13.9 Å². The number of rotatable bonds is 11. The number of hydrogen-bond donors (Lipinski definition) is 1. The van der Waals surface area contributed by atoms with E-state index in [4.69, 9.17) is 0 Å². The minimum absolute atomic E-state index is 0.101. The van der Waals surface area contributed by atoms with Gasteiger partial charge in [-0.25, -0.2) is 8.42 Å². The maximum Gasteiger partial charge on any atom is 0.264 e. The number of carbonyl (C=O) groups is 2. The summed E-state index contributed by atoms with van der Waals surface area (Å²) in [5, 5.41) is 3.00. The van der Waals surface area contributed by atoms with Crippen LogP contribution in [0.25, 0.3) is 0 Å². The van der Waals surface area contributed by atoms with E-state index in [2.05, 4.69) is 5.32 Å². The third-order valence-corrected chi connectivity index (χ3v) is 8.62. The van der Waals surface area contributed by atoms with Gasteiger partial charge in [-0.2, -0.15) is 0 Å². The Morgan fingerprint density at radius 2 is 1.54 bits per heavy atom. The monoisotopic (exact) mass is 577 g/mol. The fourth-order valence-corrected chi connectivity index (χ4v) is 6.24. The third kappa shape index (κ3) is 8.19. The second kappa shape index (κ2) is 13.3. The summed E-state index contributed by atoms with van der Waals surface area (Å²) in [6.07, 6.45) is 0.957. The number of anilines is 1. The Bertz CT molecular complexity index is 1460. The third-order valence-electron chi connectivity index (χ3n) is 6.85. The molecule has 0 heterocycles. The van der Waals surface area contributed by atoms with Crippen LogP contribution in [0.2, 0.25) is 0 Å². The number of aryl methyl sites for hydroxylation is 3. The smallest absolute Gasteiger partial charge is 0.264 e. The predicted octanol–water partition coefficient (Wildman–Crippen LogP) is 5.78. The van der Waals surface area contributed by atoms with E-state index >= 15 is 0 Å². The molecule has 2 amide bonds. The zero-order chi connectivity index (χ0) is 30.4. The summed E-state index contributed by atoms with van der Waals surface area (Å²) in [5.74, 6) is -0.730. The van der Waals surface area contributed by atoms with Crippen molar-refractivity contribution in [2.45, 2.75) is 84.3 Å². The number of amides is 2. The largest absolute Gasteiger partial charge is 0.350 e. The second-order valence-electron chi connectivity index (χ2n) is 11.5. The molecule has 7 nitrogen and oxygen atoms in total. The standard InChI is InChI=1S/C33H43N3O4S/c1-8-27-15-10-11-16-30(27)36(41(39,40)28-19-17-24(3)18-20-28)23-31(37)35(22-26-14-12-13-25(4)21-26)29(9-2)32(38)34-33(5,6)7/h10-21,29H,8-9,22-23H2,1-7H3,(H,34,38)/t29-/m1/s1. The quantitative estimate of drug-likeness (QED) is 0.313. The van der Waals surface area contributed by atoms with E-state index in [1.165, 1.54) is 9.21 Å². The number of sulfonamides is 1. The molecule has 41 heavy (non-hydrogen) atoms. The number of nitrogens with zero attached hydrogens (tertiary/aromatic N) is 2. The number of carbonyl (C=O) groups excluding carboxylic acids is 2. The molecule has 0 fully saturated rings. The topological polar surface area (TPSA) is 86.8 Å². The zero-order valence-electron chi connectivity index (χ0n) is 25.3. The van der Waals surface area contributed by atoms with E-state index in [1.807, 2.05) is 84.9 Å². The first-order chi connectivity index (χ1) is 19.3. The normalized spacial score (nSPS) is 12.5. The van der Waals surface area contributed by atoms with Crippen LogP contribution in [0, 0.1) is 13.8 Å². The van der Waals surface area contributed by atoms with Crippen molar-refractivity contribution >= 4 is 27.5 Å². The van der Waals surface area contributed by atoms with Crippen LogP contribution in [0.1, 0.15) is 63.3 Å². The van der Waals surface area contributed by atoms with Gasteiger partial charge in [-0.1, -0.05) is 79.6 Å². The van der Waals surface area contributed by atoms with E-state index in [-0.39, 0.29) is 17.3 Å². The first kappa shape index (κ1) is 31.9. The number of para-hydroxylation sites is 1. The fraction of sp³-hybridized carbons (Fsp3) is 0.394. The van der Waals surface area contributed by atoms with Crippen LogP contribution in [0.5, 0.6) is 0 Å². The summed E-state index contributed by atoms with van der Waals surface area (Å²) < 4.78 is 29.4. The van der Waals surface area contributed by atoms with Crippen LogP contribution in [-0.4, -0.2) is 43.3 Å². The van der Waals surface area contributed by atoms with Crippen molar-refractivity contribution in [3.05, 3.63) is 95.1 Å². The van der Waals surface area contributed by atoms with Gasteiger partial charge in [0.25, 0.3) is 10.0 Å². The van der Waals surface area contributed by atoms with Gasteiger partial charge in [0.05, 0.1) is 10.6 Å². The zero-order valence-corrected chi connectivity index (χ0v) is 26.1. The summed E-state index contributed by atoms with van der Waals surface area (Å²) in [5.41, 5.74) is 3.58. The lowest BCUT2D eigenvalue weighted by Gasteiger charge is -2.35. The van der Waals surface area contributed by atoms with Gasteiger partial charge in [-0.15, -0.1) is 0 Å². The SMILES string of the molecule is CCc1ccccc1N(CC(=O)N(Cc1cccc(C)c1)[C@H](CC)C(=O)NC(C)(C)C)S(=O)(=O)c1ccc(C)cc1. The molecule has 0 aliphatic carbocycles. The first-order valence-electron chi connectivity index (χ1n) is 14.1. The van der Waals surface area contributed by atoms with E-state index in [0.717, 1.165) is 22.3 Å². The Balaban J connectivity index is 2.11. The van der Waals surface area contributed by atoms with Gasteiger partial charge in [0, 0.05) is 12.1 Å². The lowest BCUT2D eigenvalue weighted by Crippen LogP contribution is -2.55. The summed E-state index contributed by atoms with van der Waals surface area (Å²) in [4.78, 5) is 29.3. The number of benzene rings is 3. The average Bonchev–Trinajstić information content (AvgIpc) is 2.90. The molecule has 0 saturated heterocycles. The van der Waals surface area contributed by atoms with Gasteiger partial charge in [0.15, 0.2) is 0 Å². The van der Waals surface area contributed by atoms with Crippen molar-refractivity contribution in [2.24, 2.45) is 0 Å². The maximum atomic E-state index is 14.3. The number of hydrogen-bond acceptors (Lipinski definition) is 4. The summed E-state index contributed by atoms with van der Waals surface area (Å²) in [6.45, 7) is 13.1. The molecule has 0 aromatic heterocycles. The lowest BCUT2D eigenvalue weighted by atomic mass is 10.0. The molecule has 8 heteroatoms. The molecule has 0 spiro atoms. The van der Waals surface area contributed by atoms with E-state index in [1.54, 1.807) is 36.4 Å².